The maximum atomic E-state index is 12.0. The number of carbonyl (C=O) groups is 1. The number of ether oxygens (including phenoxy) is 2. The first kappa shape index (κ1) is 28.0. The summed E-state index contributed by atoms with van der Waals surface area (Å²) in [5.41, 5.74) is 2.23. The van der Waals surface area contributed by atoms with E-state index in [9.17, 15) is 4.79 Å². The molecule has 202 valence electrons. The third-order valence-electron chi connectivity index (χ3n) is 6.98. The second-order valence-electron chi connectivity index (χ2n) is 9.58. The third-order valence-corrected chi connectivity index (χ3v) is 7.73. The number of hydrogen-bond acceptors (Lipinski definition) is 6. The molecule has 0 saturated heterocycles. The highest BCUT2D eigenvalue weighted by Crippen LogP contribution is 2.46. The van der Waals surface area contributed by atoms with Crippen molar-refractivity contribution < 1.29 is 14.3 Å². The fourth-order valence-electron chi connectivity index (χ4n) is 4.99. The molecule has 38 heavy (non-hydrogen) atoms. The number of carbonyl (C=O) groups excluding carboxylic acids is 1. The molecule has 4 rings (SSSR count). The predicted molar refractivity (Wildman–Crippen MR) is 155 cm³/mol. The lowest BCUT2D eigenvalue weighted by Crippen LogP contribution is -2.38. The van der Waals surface area contributed by atoms with Gasteiger partial charge in [0.15, 0.2) is 0 Å². The summed E-state index contributed by atoms with van der Waals surface area (Å²) in [5, 5.41) is 8.30. The molecule has 0 aliphatic heterocycles. The van der Waals surface area contributed by atoms with Crippen LogP contribution in [0.5, 0.6) is 11.5 Å². The van der Waals surface area contributed by atoms with Gasteiger partial charge in [-0.1, -0.05) is 68.0 Å². The topological polar surface area (TPSA) is 85.4 Å². The van der Waals surface area contributed by atoms with Crippen LogP contribution in [0.15, 0.2) is 43.1 Å². The SMILES string of the molecule is C=CC(=O)N[C@H]1CCCCCCCC(Nc2ncc3cc(-c4c(Cl)c(OC)cc(OC)c4Cl)ccc3n2)C1. The normalized spacial score (nSPS) is 18.4. The zero-order chi connectivity index (χ0) is 27.1. The average Bonchev–Trinajstić information content (AvgIpc) is 2.92. The number of halogens is 2. The largest absolute Gasteiger partial charge is 0.495 e. The lowest BCUT2D eigenvalue weighted by atomic mass is 9.94. The van der Waals surface area contributed by atoms with Crippen LogP contribution in [0.2, 0.25) is 10.0 Å². The van der Waals surface area contributed by atoms with Crippen molar-refractivity contribution in [2.75, 3.05) is 19.5 Å². The monoisotopic (exact) mass is 556 g/mol. The Morgan fingerprint density at radius 1 is 1.00 bits per heavy atom. The number of hydrogen-bond donors (Lipinski definition) is 2. The third kappa shape index (κ3) is 6.69. The van der Waals surface area contributed by atoms with Crippen molar-refractivity contribution in [2.45, 2.75) is 63.5 Å². The number of nitrogens with zero attached hydrogens (tertiary/aromatic N) is 2. The number of nitrogens with one attached hydrogen (secondary N) is 2. The Labute approximate surface area is 233 Å². The second-order valence-corrected chi connectivity index (χ2v) is 10.3. The molecule has 3 aromatic rings. The van der Waals surface area contributed by atoms with E-state index in [0.29, 0.717) is 33.1 Å². The lowest BCUT2D eigenvalue weighted by molar-refractivity contribution is -0.117. The van der Waals surface area contributed by atoms with Gasteiger partial charge in [0, 0.05) is 35.3 Å². The molecule has 1 fully saturated rings. The Bertz CT molecular complexity index is 1270. The summed E-state index contributed by atoms with van der Waals surface area (Å²) in [6.45, 7) is 3.59. The molecule has 1 saturated carbocycles. The number of fused-ring (bicyclic) bond motifs is 1. The molecule has 1 aliphatic carbocycles. The molecule has 1 heterocycles. The molecule has 9 heteroatoms. The van der Waals surface area contributed by atoms with Gasteiger partial charge in [-0.05, 0) is 43.0 Å². The van der Waals surface area contributed by atoms with Crippen LogP contribution in [0.4, 0.5) is 5.95 Å². The molecule has 2 atom stereocenters. The first-order chi connectivity index (χ1) is 18.4. The van der Waals surface area contributed by atoms with E-state index in [1.54, 1.807) is 26.5 Å². The first-order valence-corrected chi connectivity index (χ1v) is 13.8. The van der Waals surface area contributed by atoms with Gasteiger partial charge in [0.25, 0.3) is 0 Å². The van der Waals surface area contributed by atoms with Crippen LogP contribution in [0, 0.1) is 0 Å². The van der Waals surface area contributed by atoms with E-state index < -0.39 is 0 Å². The summed E-state index contributed by atoms with van der Waals surface area (Å²) in [6, 6.07) is 7.72. The number of methoxy groups -OCH3 is 2. The number of aromatic nitrogens is 2. The molecule has 0 spiro atoms. The summed E-state index contributed by atoms with van der Waals surface area (Å²) in [7, 11) is 3.10. The molecule has 1 aromatic heterocycles. The van der Waals surface area contributed by atoms with Gasteiger partial charge in [-0.2, -0.15) is 0 Å². The standard InChI is InChI=1S/C29H34Cl2N4O3/c1-4-25(36)33-20-10-8-6-5-7-9-11-21(15-20)34-29-32-17-19-14-18(12-13-22(19)35-29)26-27(30)23(37-2)16-24(38-3)28(26)31/h4,12-14,16-17,20-21H,1,5-11,15H2,2-3H3,(H,33,36)(H,32,34,35)/t20-,21?/m0/s1. The van der Waals surface area contributed by atoms with E-state index in [-0.39, 0.29) is 18.0 Å². The zero-order valence-electron chi connectivity index (χ0n) is 21.9. The molecular weight excluding hydrogens is 523 g/mol. The summed E-state index contributed by atoms with van der Waals surface area (Å²) in [6.07, 6.45) is 11.8. The molecule has 2 N–H and O–H groups in total. The van der Waals surface area contributed by atoms with Crippen molar-refractivity contribution >= 4 is 46.0 Å². The molecule has 0 bridgehead atoms. The highest BCUT2D eigenvalue weighted by molar-refractivity contribution is 6.41. The van der Waals surface area contributed by atoms with E-state index in [1.807, 2.05) is 18.2 Å². The van der Waals surface area contributed by atoms with Crippen LogP contribution >= 0.6 is 23.2 Å². The van der Waals surface area contributed by atoms with E-state index in [0.717, 1.165) is 48.6 Å². The Morgan fingerprint density at radius 3 is 2.32 bits per heavy atom. The highest BCUT2D eigenvalue weighted by Gasteiger charge is 2.21. The number of anilines is 1. The van der Waals surface area contributed by atoms with Crippen molar-refractivity contribution in [1.82, 2.24) is 15.3 Å². The Balaban J connectivity index is 1.58. The number of amides is 1. The fourth-order valence-corrected chi connectivity index (χ4v) is 5.71. The van der Waals surface area contributed by atoms with Gasteiger partial charge in [-0.3, -0.25) is 4.79 Å². The molecule has 0 radical (unpaired) electrons. The Kier molecular flexibility index (Phi) is 9.69. The predicted octanol–water partition coefficient (Wildman–Crippen LogP) is 7.21. The van der Waals surface area contributed by atoms with E-state index in [1.165, 1.54) is 25.3 Å². The van der Waals surface area contributed by atoms with Crippen molar-refractivity contribution in [1.29, 1.82) is 0 Å². The summed E-state index contributed by atoms with van der Waals surface area (Å²) in [4.78, 5) is 21.4. The van der Waals surface area contributed by atoms with Gasteiger partial charge in [-0.15, -0.1) is 0 Å². The van der Waals surface area contributed by atoms with Crippen LogP contribution < -0.4 is 20.1 Å². The maximum Gasteiger partial charge on any atom is 0.243 e. The van der Waals surface area contributed by atoms with Crippen LogP contribution in [-0.2, 0) is 4.79 Å². The van der Waals surface area contributed by atoms with E-state index in [2.05, 4.69) is 22.2 Å². The van der Waals surface area contributed by atoms with Crippen molar-refractivity contribution in [3.05, 3.63) is 53.2 Å². The molecular formula is C29H34Cl2N4O3. The minimum absolute atomic E-state index is 0.0912. The van der Waals surface area contributed by atoms with E-state index >= 15 is 0 Å². The Hall–Kier alpha value is -3.03. The molecule has 1 amide bonds. The van der Waals surface area contributed by atoms with Gasteiger partial charge in [-0.25, -0.2) is 9.97 Å². The quantitative estimate of drug-likeness (QED) is 0.299. The van der Waals surface area contributed by atoms with Crippen molar-refractivity contribution in [2.24, 2.45) is 0 Å². The van der Waals surface area contributed by atoms with Gasteiger partial charge in [0.1, 0.15) is 11.5 Å². The van der Waals surface area contributed by atoms with Crippen molar-refractivity contribution in [3.63, 3.8) is 0 Å². The molecule has 2 aromatic carbocycles. The fraction of sp³-hybridized carbons (Fsp3) is 0.414. The zero-order valence-corrected chi connectivity index (χ0v) is 23.4. The lowest BCUT2D eigenvalue weighted by Gasteiger charge is -2.26. The first-order valence-electron chi connectivity index (χ1n) is 13.0. The molecule has 7 nitrogen and oxygen atoms in total. The number of benzene rings is 2. The minimum Gasteiger partial charge on any atom is -0.495 e. The van der Waals surface area contributed by atoms with Crippen LogP contribution in [0.25, 0.3) is 22.0 Å². The van der Waals surface area contributed by atoms with Gasteiger partial charge in [0.05, 0.1) is 29.8 Å². The van der Waals surface area contributed by atoms with Crippen LogP contribution in [-0.4, -0.2) is 42.2 Å². The average molecular weight is 558 g/mol. The highest BCUT2D eigenvalue weighted by atomic mass is 35.5. The summed E-state index contributed by atoms with van der Waals surface area (Å²) < 4.78 is 10.8. The Morgan fingerprint density at radius 2 is 1.66 bits per heavy atom. The molecule has 1 aliphatic rings. The molecule has 1 unspecified atom stereocenters. The smallest absolute Gasteiger partial charge is 0.243 e. The second kappa shape index (κ2) is 13.2. The van der Waals surface area contributed by atoms with Gasteiger partial charge >= 0.3 is 0 Å². The van der Waals surface area contributed by atoms with Gasteiger partial charge < -0.3 is 20.1 Å². The van der Waals surface area contributed by atoms with Crippen molar-refractivity contribution in [3.8, 4) is 22.6 Å². The van der Waals surface area contributed by atoms with Crippen LogP contribution in [0.3, 0.4) is 0 Å². The summed E-state index contributed by atoms with van der Waals surface area (Å²) in [5.74, 6) is 1.40. The maximum absolute atomic E-state index is 12.0. The van der Waals surface area contributed by atoms with Gasteiger partial charge in [0.2, 0.25) is 11.9 Å². The van der Waals surface area contributed by atoms with Crippen LogP contribution in [0.1, 0.15) is 51.4 Å². The number of rotatable bonds is 7. The van der Waals surface area contributed by atoms with E-state index in [4.69, 9.17) is 37.7 Å². The minimum atomic E-state index is -0.127. The summed E-state index contributed by atoms with van der Waals surface area (Å²) >= 11 is 13.2.